The van der Waals surface area contributed by atoms with E-state index in [1.165, 1.54) is 6.92 Å². The number of carbonyl (C=O) groups is 1. The average molecular weight is 338 g/mol. The number of sulfone groups is 1. The SMILES string of the molecule is C[C@H](CNC(=O)[C@H](C)S(C)(=O)=O)c1c(Cl)cccc1Cl. The molecule has 0 bridgehead atoms. The van der Waals surface area contributed by atoms with Gasteiger partial charge in [0.15, 0.2) is 9.84 Å². The topological polar surface area (TPSA) is 63.2 Å². The molecular formula is C13H17Cl2NO3S. The minimum atomic E-state index is -3.40. The predicted molar refractivity (Wildman–Crippen MR) is 82.2 cm³/mol. The normalized spacial score (nSPS) is 14.7. The molecular weight excluding hydrogens is 321 g/mol. The van der Waals surface area contributed by atoms with Crippen LogP contribution in [-0.4, -0.2) is 32.4 Å². The van der Waals surface area contributed by atoms with Crippen molar-refractivity contribution in [1.29, 1.82) is 0 Å². The van der Waals surface area contributed by atoms with Gasteiger partial charge in [-0.15, -0.1) is 0 Å². The first-order valence-corrected chi connectivity index (χ1v) is 8.76. The molecule has 0 aromatic heterocycles. The fourth-order valence-corrected chi connectivity index (χ4v) is 2.92. The molecule has 0 saturated carbocycles. The van der Waals surface area contributed by atoms with Gasteiger partial charge in [-0.3, -0.25) is 4.79 Å². The fourth-order valence-electron chi connectivity index (χ4n) is 1.68. The third-order valence-electron chi connectivity index (χ3n) is 3.09. The van der Waals surface area contributed by atoms with Crippen LogP contribution in [0.3, 0.4) is 0 Å². The van der Waals surface area contributed by atoms with Crippen molar-refractivity contribution in [2.75, 3.05) is 12.8 Å². The van der Waals surface area contributed by atoms with Gasteiger partial charge in [-0.2, -0.15) is 0 Å². The molecule has 0 spiro atoms. The Kier molecular flexibility index (Phi) is 5.86. The van der Waals surface area contributed by atoms with Crippen LogP contribution in [0.5, 0.6) is 0 Å². The Hall–Kier alpha value is -0.780. The van der Waals surface area contributed by atoms with Crippen LogP contribution in [-0.2, 0) is 14.6 Å². The highest BCUT2D eigenvalue weighted by atomic mass is 35.5. The highest BCUT2D eigenvalue weighted by Crippen LogP contribution is 2.30. The Bertz CT molecular complexity index is 581. The van der Waals surface area contributed by atoms with Gasteiger partial charge in [0.1, 0.15) is 5.25 Å². The summed E-state index contributed by atoms with van der Waals surface area (Å²) in [6.45, 7) is 3.48. The maximum atomic E-state index is 11.7. The zero-order valence-corrected chi connectivity index (χ0v) is 13.8. The molecule has 112 valence electrons. The summed E-state index contributed by atoms with van der Waals surface area (Å²) in [5.41, 5.74) is 0.739. The van der Waals surface area contributed by atoms with E-state index in [1.54, 1.807) is 18.2 Å². The van der Waals surface area contributed by atoms with E-state index in [0.29, 0.717) is 10.0 Å². The van der Waals surface area contributed by atoms with Crippen molar-refractivity contribution >= 4 is 38.9 Å². The lowest BCUT2D eigenvalue weighted by atomic mass is 10.0. The number of hydrogen-bond donors (Lipinski definition) is 1. The first-order chi connectivity index (χ1) is 9.14. The van der Waals surface area contributed by atoms with Crippen LogP contribution < -0.4 is 5.32 Å². The third-order valence-corrected chi connectivity index (χ3v) is 5.24. The summed E-state index contributed by atoms with van der Waals surface area (Å²) in [6, 6.07) is 5.19. The van der Waals surface area contributed by atoms with Crippen LogP contribution in [0.15, 0.2) is 18.2 Å². The molecule has 0 fully saturated rings. The Morgan fingerprint density at radius 3 is 2.20 bits per heavy atom. The van der Waals surface area contributed by atoms with Crippen LogP contribution in [0, 0.1) is 0 Å². The van der Waals surface area contributed by atoms with E-state index < -0.39 is 21.0 Å². The summed E-state index contributed by atoms with van der Waals surface area (Å²) in [5, 5.41) is 2.58. The number of hydrogen-bond acceptors (Lipinski definition) is 3. The average Bonchev–Trinajstić information content (AvgIpc) is 2.33. The largest absolute Gasteiger partial charge is 0.354 e. The van der Waals surface area contributed by atoms with E-state index in [9.17, 15) is 13.2 Å². The van der Waals surface area contributed by atoms with Gasteiger partial charge in [-0.25, -0.2) is 8.42 Å². The fraction of sp³-hybridized carbons (Fsp3) is 0.462. The zero-order valence-electron chi connectivity index (χ0n) is 11.5. The minimum Gasteiger partial charge on any atom is -0.354 e. The Labute approximate surface area is 129 Å². The molecule has 1 rings (SSSR count). The molecule has 0 saturated heterocycles. The van der Waals surface area contributed by atoms with E-state index in [2.05, 4.69) is 5.32 Å². The molecule has 1 amide bonds. The summed E-state index contributed by atoms with van der Waals surface area (Å²) >= 11 is 12.2. The molecule has 2 atom stereocenters. The predicted octanol–water partition coefficient (Wildman–Crippen LogP) is 2.65. The van der Waals surface area contributed by atoms with Crippen LogP contribution >= 0.6 is 23.2 Å². The van der Waals surface area contributed by atoms with Gasteiger partial charge in [0.25, 0.3) is 0 Å². The Balaban J connectivity index is 2.74. The highest BCUT2D eigenvalue weighted by molar-refractivity contribution is 7.92. The lowest BCUT2D eigenvalue weighted by molar-refractivity contribution is -0.120. The lowest BCUT2D eigenvalue weighted by Crippen LogP contribution is -2.39. The van der Waals surface area contributed by atoms with Gasteiger partial charge in [-0.1, -0.05) is 36.2 Å². The van der Waals surface area contributed by atoms with Crippen LogP contribution in [0.4, 0.5) is 0 Å². The van der Waals surface area contributed by atoms with E-state index >= 15 is 0 Å². The Morgan fingerprint density at radius 2 is 1.75 bits per heavy atom. The summed E-state index contributed by atoms with van der Waals surface area (Å²) in [6.07, 6.45) is 1.03. The maximum Gasteiger partial charge on any atom is 0.238 e. The monoisotopic (exact) mass is 337 g/mol. The van der Waals surface area contributed by atoms with Crippen molar-refractivity contribution in [3.63, 3.8) is 0 Å². The summed E-state index contributed by atoms with van der Waals surface area (Å²) < 4.78 is 22.6. The van der Waals surface area contributed by atoms with Crippen molar-refractivity contribution in [2.24, 2.45) is 0 Å². The Morgan fingerprint density at radius 1 is 1.25 bits per heavy atom. The van der Waals surface area contributed by atoms with Crippen molar-refractivity contribution in [2.45, 2.75) is 25.0 Å². The first-order valence-electron chi connectivity index (χ1n) is 6.05. The number of rotatable bonds is 5. The van der Waals surface area contributed by atoms with Crippen LogP contribution in [0.2, 0.25) is 10.0 Å². The van der Waals surface area contributed by atoms with Crippen LogP contribution in [0.1, 0.15) is 25.3 Å². The summed E-state index contributed by atoms with van der Waals surface area (Å²) in [5.74, 6) is -0.644. The van der Waals surface area contributed by atoms with E-state index in [0.717, 1.165) is 11.8 Å². The van der Waals surface area contributed by atoms with Crippen LogP contribution in [0.25, 0.3) is 0 Å². The zero-order chi connectivity index (χ0) is 15.5. The molecule has 0 unspecified atom stereocenters. The van der Waals surface area contributed by atoms with Gasteiger partial charge < -0.3 is 5.32 Å². The lowest BCUT2D eigenvalue weighted by Gasteiger charge is -2.17. The van der Waals surface area contributed by atoms with E-state index in [4.69, 9.17) is 23.2 Å². The van der Waals surface area contributed by atoms with E-state index in [1.807, 2.05) is 6.92 Å². The molecule has 0 heterocycles. The third kappa shape index (κ3) is 4.36. The summed E-state index contributed by atoms with van der Waals surface area (Å²) in [7, 11) is -3.40. The number of carbonyl (C=O) groups excluding carboxylic acids is 1. The number of halogens is 2. The molecule has 7 heteroatoms. The van der Waals surface area contributed by atoms with Gasteiger partial charge in [0.2, 0.25) is 5.91 Å². The van der Waals surface area contributed by atoms with Crippen molar-refractivity contribution in [3.05, 3.63) is 33.8 Å². The molecule has 1 aromatic carbocycles. The second-order valence-electron chi connectivity index (χ2n) is 4.75. The van der Waals surface area contributed by atoms with Gasteiger partial charge in [-0.05, 0) is 24.6 Å². The van der Waals surface area contributed by atoms with Gasteiger partial charge in [0, 0.05) is 28.8 Å². The molecule has 0 radical (unpaired) electrons. The second kappa shape index (κ2) is 6.78. The molecule has 1 aromatic rings. The highest BCUT2D eigenvalue weighted by Gasteiger charge is 2.24. The standard InChI is InChI=1S/C13H17Cl2NO3S/c1-8(12-10(14)5-4-6-11(12)15)7-16-13(17)9(2)20(3,18)19/h4-6,8-9H,7H2,1-3H3,(H,16,17)/t8-,9+/m1/s1. The quantitative estimate of drug-likeness (QED) is 0.898. The molecule has 20 heavy (non-hydrogen) atoms. The van der Waals surface area contributed by atoms with Gasteiger partial charge >= 0.3 is 0 Å². The van der Waals surface area contributed by atoms with Crippen molar-refractivity contribution in [3.8, 4) is 0 Å². The van der Waals surface area contributed by atoms with E-state index in [-0.39, 0.29) is 12.5 Å². The number of nitrogens with one attached hydrogen (secondary N) is 1. The molecule has 4 nitrogen and oxygen atoms in total. The minimum absolute atomic E-state index is 0.119. The smallest absolute Gasteiger partial charge is 0.238 e. The molecule has 0 aliphatic rings. The number of amides is 1. The molecule has 1 N–H and O–H groups in total. The van der Waals surface area contributed by atoms with Crippen molar-refractivity contribution in [1.82, 2.24) is 5.32 Å². The first kappa shape index (κ1) is 17.3. The van der Waals surface area contributed by atoms with Gasteiger partial charge in [0.05, 0.1) is 0 Å². The number of benzene rings is 1. The second-order valence-corrected chi connectivity index (χ2v) is 7.93. The van der Waals surface area contributed by atoms with Crippen molar-refractivity contribution < 1.29 is 13.2 Å². The molecule has 0 aliphatic heterocycles. The maximum absolute atomic E-state index is 11.7. The summed E-state index contributed by atoms with van der Waals surface area (Å²) in [4.78, 5) is 11.7. The molecule has 0 aliphatic carbocycles.